The normalized spacial score (nSPS) is 27.8. The van der Waals surface area contributed by atoms with Gasteiger partial charge in [-0.05, 0) is 30.5 Å². The molecule has 1 aromatic rings. The molecule has 4 atom stereocenters. The van der Waals surface area contributed by atoms with Crippen molar-refractivity contribution in [3.63, 3.8) is 0 Å². The molecule has 0 radical (unpaired) electrons. The summed E-state index contributed by atoms with van der Waals surface area (Å²) in [6, 6.07) is 7.62. The number of benzene rings is 1. The lowest BCUT2D eigenvalue weighted by Crippen LogP contribution is -2.58. The Hall–Kier alpha value is -1.14. The van der Waals surface area contributed by atoms with Crippen LogP contribution in [0.1, 0.15) is 18.9 Å². The fourth-order valence-corrected chi connectivity index (χ4v) is 3.22. The van der Waals surface area contributed by atoms with Crippen LogP contribution in [-0.2, 0) is 20.7 Å². The first-order valence-electron chi connectivity index (χ1n) is 7.85. The molecule has 23 heavy (non-hydrogen) atoms. The molecule has 1 heterocycles. The highest BCUT2D eigenvalue weighted by molar-refractivity contribution is 6.30. The molecule has 1 aliphatic heterocycles. The third kappa shape index (κ3) is 5.18. The van der Waals surface area contributed by atoms with Crippen molar-refractivity contribution in [3.05, 3.63) is 34.9 Å². The molecular weight excluding hydrogens is 318 g/mol. The number of hydrogen-bond donors (Lipinski definition) is 2. The number of carboxylic acid groups (broad SMARTS) is 1. The van der Waals surface area contributed by atoms with E-state index in [4.69, 9.17) is 26.2 Å². The summed E-state index contributed by atoms with van der Waals surface area (Å²) in [5.74, 6) is -0.660. The zero-order valence-electron chi connectivity index (χ0n) is 13.5. The van der Waals surface area contributed by atoms with E-state index in [-0.39, 0.29) is 30.7 Å². The Kier molecular flexibility index (Phi) is 6.84. The van der Waals surface area contributed by atoms with Crippen LogP contribution in [0, 0.1) is 5.92 Å². The Morgan fingerprint density at radius 2 is 2.13 bits per heavy atom. The highest BCUT2D eigenvalue weighted by atomic mass is 35.5. The minimum Gasteiger partial charge on any atom is -0.480 e. The zero-order chi connectivity index (χ0) is 16.8. The van der Waals surface area contributed by atoms with Gasteiger partial charge in [-0.3, -0.25) is 10.1 Å². The minimum atomic E-state index is -0.880. The maximum absolute atomic E-state index is 10.9. The van der Waals surface area contributed by atoms with Gasteiger partial charge >= 0.3 is 5.97 Å². The van der Waals surface area contributed by atoms with Crippen LogP contribution in [0.5, 0.6) is 0 Å². The van der Waals surface area contributed by atoms with Crippen molar-refractivity contribution >= 4 is 17.6 Å². The second-order valence-electron chi connectivity index (χ2n) is 6.01. The van der Waals surface area contributed by atoms with Gasteiger partial charge in [-0.1, -0.05) is 30.7 Å². The first-order valence-corrected chi connectivity index (χ1v) is 8.23. The Bertz CT molecular complexity index is 508. The highest BCUT2D eigenvalue weighted by Gasteiger charge is 2.38. The standard InChI is InChI=1S/C17H24ClNO4/c1-11-10-23-14(8-5-12-3-6-13(18)7-4-12)16(17(11)22-2)19-9-15(20)21/h3-4,6-7,11,14,16-17,19H,5,8-10H2,1-2H3,(H,20,21)/t11-,14-,16+,17-/m0/s1. The van der Waals surface area contributed by atoms with Crippen LogP contribution in [0.2, 0.25) is 5.02 Å². The maximum Gasteiger partial charge on any atom is 0.317 e. The van der Waals surface area contributed by atoms with Crippen LogP contribution in [0.25, 0.3) is 0 Å². The molecule has 1 aromatic carbocycles. The van der Waals surface area contributed by atoms with E-state index in [1.165, 1.54) is 5.56 Å². The summed E-state index contributed by atoms with van der Waals surface area (Å²) in [6.07, 6.45) is 1.51. The molecular formula is C17H24ClNO4. The Balaban J connectivity index is 2.00. The highest BCUT2D eigenvalue weighted by Crippen LogP contribution is 2.25. The van der Waals surface area contributed by atoms with Gasteiger partial charge in [0, 0.05) is 18.1 Å². The van der Waals surface area contributed by atoms with E-state index < -0.39 is 5.97 Å². The predicted octanol–water partition coefficient (Wildman–Crippen LogP) is 2.37. The van der Waals surface area contributed by atoms with Gasteiger partial charge in [-0.25, -0.2) is 0 Å². The summed E-state index contributed by atoms with van der Waals surface area (Å²) in [7, 11) is 1.66. The molecule has 0 bridgehead atoms. The lowest BCUT2D eigenvalue weighted by Gasteiger charge is -2.41. The Labute approximate surface area is 141 Å². The predicted molar refractivity (Wildman–Crippen MR) is 88.9 cm³/mol. The smallest absolute Gasteiger partial charge is 0.317 e. The molecule has 1 fully saturated rings. The lowest BCUT2D eigenvalue weighted by molar-refractivity contribution is -0.139. The molecule has 0 aliphatic carbocycles. The molecule has 0 aromatic heterocycles. The molecule has 1 aliphatic rings. The fourth-order valence-electron chi connectivity index (χ4n) is 3.09. The minimum absolute atomic E-state index is 0.0571. The van der Waals surface area contributed by atoms with E-state index in [0.717, 1.165) is 17.9 Å². The third-order valence-corrected chi connectivity index (χ3v) is 4.53. The van der Waals surface area contributed by atoms with Gasteiger partial charge in [0.05, 0.1) is 31.4 Å². The lowest BCUT2D eigenvalue weighted by atomic mass is 9.88. The maximum atomic E-state index is 10.9. The Morgan fingerprint density at radius 3 is 2.74 bits per heavy atom. The SMILES string of the molecule is CO[C@@H]1[C@H](NCC(=O)O)[C@H](CCc2ccc(Cl)cc2)OC[C@@H]1C. The first kappa shape index (κ1) is 18.2. The number of aliphatic carboxylic acids is 1. The summed E-state index contributed by atoms with van der Waals surface area (Å²) in [5.41, 5.74) is 1.18. The second-order valence-corrected chi connectivity index (χ2v) is 6.45. The van der Waals surface area contributed by atoms with Gasteiger partial charge in [-0.2, -0.15) is 0 Å². The van der Waals surface area contributed by atoms with E-state index in [1.807, 2.05) is 24.3 Å². The van der Waals surface area contributed by atoms with Crippen LogP contribution in [0.4, 0.5) is 0 Å². The summed E-state index contributed by atoms with van der Waals surface area (Å²) in [5, 5.41) is 12.7. The van der Waals surface area contributed by atoms with Crippen molar-refractivity contribution < 1.29 is 19.4 Å². The fraction of sp³-hybridized carbons (Fsp3) is 0.588. The molecule has 2 N–H and O–H groups in total. The quantitative estimate of drug-likeness (QED) is 0.797. The van der Waals surface area contributed by atoms with Crippen LogP contribution < -0.4 is 5.32 Å². The van der Waals surface area contributed by atoms with Crippen molar-refractivity contribution in [2.24, 2.45) is 5.92 Å². The molecule has 0 saturated carbocycles. The number of carboxylic acids is 1. The van der Waals surface area contributed by atoms with Crippen molar-refractivity contribution in [1.29, 1.82) is 0 Å². The zero-order valence-corrected chi connectivity index (χ0v) is 14.3. The number of aryl methyl sites for hydroxylation is 1. The number of ether oxygens (including phenoxy) is 2. The third-order valence-electron chi connectivity index (χ3n) is 4.28. The van der Waals surface area contributed by atoms with Crippen LogP contribution in [0.15, 0.2) is 24.3 Å². The van der Waals surface area contributed by atoms with E-state index in [1.54, 1.807) is 7.11 Å². The number of halogens is 1. The molecule has 5 nitrogen and oxygen atoms in total. The second kappa shape index (κ2) is 8.64. The van der Waals surface area contributed by atoms with Crippen LogP contribution in [0.3, 0.4) is 0 Å². The van der Waals surface area contributed by atoms with Crippen LogP contribution in [-0.4, -0.2) is 49.6 Å². The molecule has 2 rings (SSSR count). The summed E-state index contributed by atoms with van der Waals surface area (Å²) < 4.78 is 11.5. The molecule has 0 unspecified atom stereocenters. The molecule has 128 valence electrons. The van der Waals surface area contributed by atoms with Crippen molar-refractivity contribution in [2.45, 2.75) is 38.0 Å². The van der Waals surface area contributed by atoms with E-state index in [2.05, 4.69) is 12.2 Å². The topological polar surface area (TPSA) is 67.8 Å². The number of nitrogens with one attached hydrogen (secondary N) is 1. The van der Waals surface area contributed by atoms with Gasteiger partial charge in [-0.15, -0.1) is 0 Å². The molecule has 6 heteroatoms. The Morgan fingerprint density at radius 1 is 1.43 bits per heavy atom. The monoisotopic (exact) mass is 341 g/mol. The largest absolute Gasteiger partial charge is 0.480 e. The van der Waals surface area contributed by atoms with Gasteiger partial charge in [0.25, 0.3) is 0 Å². The molecule has 0 amide bonds. The van der Waals surface area contributed by atoms with E-state index >= 15 is 0 Å². The number of methoxy groups -OCH3 is 1. The average Bonchev–Trinajstić information content (AvgIpc) is 2.53. The van der Waals surface area contributed by atoms with Gasteiger partial charge in [0.1, 0.15) is 0 Å². The van der Waals surface area contributed by atoms with E-state index in [9.17, 15) is 4.79 Å². The number of carbonyl (C=O) groups is 1. The molecule has 1 saturated heterocycles. The first-order chi connectivity index (χ1) is 11.0. The van der Waals surface area contributed by atoms with E-state index in [0.29, 0.717) is 6.61 Å². The summed E-state index contributed by atoms with van der Waals surface area (Å²) in [6.45, 7) is 2.58. The number of rotatable bonds is 7. The number of hydrogen-bond acceptors (Lipinski definition) is 4. The summed E-state index contributed by atoms with van der Waals surface area (Å²) in [4.78, 5) is 10.9. The van der Waals surface area contributed by atoms with Gasteiger partial charge < -0.3 is 14.6 Å². The van der Waals surface area contributed by atoms with Gasteiger partial charge in [0.2, 0.25) is 0 Å². The van der Waals surface area contributed by atoms with Gasteiger partial charge in [0.15, 0.2) is 0 Å². The van der Waals surface area contributed by atoms with Crippen molar-refractivity contribution in [1.82, 2.24) is 5.32 Å². The van der Waals surface area contributed by atoms with Crippen LogP contribution >= 0.6 is 11.6 Å². The van der Waals surface area contributed by atoms with Crippen molar-refractivity contribution in [3.8, 4) is 0 Å². The average molecular weight is 342 g/mol. The molecule has 0 spiro atoms. The van der Waals surface area contributed by atoms with Crippen molar-refractivity contribution in [2.75, 3.05) is 20.3 Å². The summed E-state index contributed by atoms with van der Waals surface area (Å²) >= 11 is 5.90.